The van der Waals surface area contributed by atoms with Crippen molar-refractivity contribution in [2.75, 3.05) is 18.0 Å². The van der Waals surface area contributed by atoms with Crippen LogP contribution in [-0.2, 0) is 11.3 Å². The van der Waals surface area contributed by atoms with Crippen molar-refractivity contribution in [3.63, 3.8) is 0 Å². The fourth-order valence-corrected chi connectivity index (χ4v) is 5.42. The van der Waals surface area contributed by atoms with Crippen LogP contribution in [0.3, 0.4) is 0 Å². The molecule has 7 nitrogen and oxygen atoms in total. The zero-order valence-electron chi connectivity index (χ0n) is 20.6. The fraction of sp³-hybridized carbons (Fsp3) is 0.500. The number of aromatic nitrogens is 3. The highest BCUT2D eigenvalue weighted by Crippen LogP contribution is 2.23. The lowest BCUT2D eigenvalue weighted by Crippen LogP contribution is -2.47. The van der Waals surface area contributed by atoms with E-state index in [9.17, 15) is 9.59 Å². The van der Waals surface area contributed by atoms with Gasteiger partial charge < -0.3 is 10.2 Å². The molecule has 1 N–H and O–H groups in total. The molecule has 7 heteroatoms. The Morgan fingerprint density at radius 1 is 1.03 bits per heavy atom. The first-order valence-corrected chi connectivity index (χ1v) is 13.0. The van der Waals surface area contributed by atoms with Crippen molar-refractivity contribution in [1.29, 1.82) is 0 Å². The van der Waals surface area contributed by atoms with E-state index in [4.69, 9.17) is 4.98 Å². The van der Waals surface area contributed by atoms with Gasteiger partial charge in [-0.05, 0) is 50.3 Å². The smallest absolute Gasteiger partial charge is 0.295 e. The molecule has 1 amide bonds. The van der Waals surface area contributed by atoms with Gasteiger partial charge in [-0.1, -0.05) is 55.5 Å². The monoisotopic (exact) mass is 473 g/mol. The van der Waals surface area contributed by atoms with E-state index in [0.29, 0.717) is 30.1 Å². The largest absolute Gasteiger partial charge is 0.353 e. The highest BCUT2D eigenvalue weighted by molar-refractivity contribution is 5.80. The van der Waals surface area contributed by atoms with E-state index >= 15 is 0 Å². The van der Waals surface area contributed by atoms with Crippen molar-refractivity contribution >= 4 is 22.9 Å². The van der Waals surface area contributed by atoms with Gasteiger partial charge in [0.2, 0.25) is 5.91 Å². The molecule has 3 heterocycles. The van der Waals surface area contributed by atoms with Gasteiger partial charge in [0.05, 0.1) is 12.5 Å². The molecule has 3 aromatic rings. The van der Waals surface area contributed by atoms with Crippen molar-refractivity contribution < 1.29 is 4.79 Å². The van der Waals surface area contributed by atoms with Gasteiger partial charge in [0.1, 0.15) is 5.52 Å². The van der Waals surface area contributed by atoms with Crippen molar-refractivity contribution in [3.8, 4) is 0 Å². The maximum Gasteiger partial charge on any atom is 0.295 e. The van der Waals surface area contributed by atoms with Gasteiger partial charge in [0, 0.05) is 25.3 Å². The van der Waals surface area contributed by atoms with Crippen LogP contribution in [0, 0.1) is 12.8 Å². The minimum atomic E-state index is -0.151. The zero-order valence-corrected chi connectivity index (χ0v) is 20.6. The van der Waals surface area contributed by atoms with E-state index in [-0.39, 0.29) is 23.4 Å². The molecule has 1 saturated carbocycles. The third-order valence-corrected chi connectivity index (χ3v) is 7.44. The van der Waals surface area contributed by atoms with Crippen LogP contribution in [0.1, 0.15) is 62.5 Å². The predicted octanol–water partition coefficient (Wildman–Crippen LogP) is 4.20. The Balaban J connectivity index is 1.40. The second kappa shape index (κ2) is 10.6. The average Bonchev–Trinajstić information content (AvgIpc) is 3.15. The van der Waals surface area contributed by atoms with Gasteiger partial charge >= 0.3 is 0 Å². The fourth-order valence-electron chi connectivity index (χ4n) is 5.42. The summed E-state index contributed by atoms with van der Waals surface area (Å²) in [5, 5.41) is 3.31. The molecule has 1 unspecified atom stereocenters. The van der Waals surface area contributed by atoms with Crippen LogP contribution in [0.15, 0.2) is 47.4 Å². The highest BCUT2D eigenvalue weighted by Gasteiger charge is 2.30. The normalized spacial score (nSPS) is 19.5. The Bertz CT molecular complexity index is 1230. The van der Waals surface area contributed by atoms with Gasteiger partial charge in [-0.3, -0.25) is 14.2 Å². The molecule has 1 saturated heterocycles. The van der Waals surface area contributed by atoms with E-state index in [1.165, 1.54) is 31.2 Å². The van der Waals surface area contributed by atoms with Crippen molar-refractivity contribution in [1.82, 2.24) is 19.9 Å². The Kier molecular flexibility index (Phi) is 7.11. The number of fused-ring (bicyclic) bond motifs is 1. The molecule has 0 radical (unpaired) electrons. The first-order valence-electron chi connectivity index (χ1n) is 13.0. The van der Waals surface area contributed by atoms with E-state index in [1.54, 1.807) is 10.8 Å². The number of carbonyl (C=O) groups excluding carboxylic acids is 1. The molecule has 0 spiro atoms. The molecule has 2 fully saturated rings. The van der Waals surface area contributed by atoms with E-state index in [2.05, 4.69) is 29.4 Å². The summed E-state index contributed by atoms with van der Waals surface area (Å²) in [6.45, 7) is 3.74. The maximum absolute atomic E-state index is 13.7. The van der Waals surface area contributed by atoms with Gasteiger partial charge in [-0.2, -0.15) is 0 Å². The molecule has 0 bridgehead atoms. The standard InChI is InChI=1S/C28H35N5O2/c1-20-12-14-21(15-13-20)18-33-25-24(11-6-16-29-25)31-26(28(33)35)32-17-7-8-22(19-32)27(34)30-23-9-4-2-3-5-10-23/h6,11-16,22-23H,2-5,7-10,17-19H2,1H3,(H,30,34). The molecule has 1 aliphatic heterocycles. The highest BCUT2D eigenvalue weighted by atomic mass is 16.2. The Morgan fingerprint density at radius 3 is 2.57 bits per heavy atom. The molecule has 5 rings (SSSR count). The summed E-state index contributed by atoms with van der Waals surface area (Å²) < 4.78 is 1.72. The number of rotatable bonds is 5. The van der Waals surface area contributed by atoms with E-state index in [1.807, 2.05) is 29.2 Å². The van der Waals surface area contributed by atoms with Crippen molar-refractivity contribution in [2.45, 2.75) is 70.9 Å². The number of aryl methyl sites for hydroxylation is 1. The molecular formula is C28H35N5O2. The quantitative estimate of drug-likeness (QED) is 0.562. The lowest BCUT2D eigenvalue weighted by atomic mass is 9.96. The lowest BCUT2D eigenvalue weighted by molar-refractivity contribution is -0.126. The van der Waals surface area contributed by atoms with Crippen molar-refractivity contribution in [3.05, 3.63) is 64.1 Å². The van der Waals surface area contributed by atoms with Crippen LogP contribution < -0.4 is 15.8 Å². The summed E-state index contributed by atoms with van der Waals surface area (Å²) in [4.78, 5) is 38.1. The molecule has 35 heavy (non-hydrogen) atoms. The Morgan fingerprint density at radius 2 is 1.80 bits per heavy atom. The predicted molar refractivity (Wildman–Crippen MR) is 139 cm³/mol. The number of amides is 1. The number of nitrogens with one attached hydrogen (secondary N) is 1. The second-order valence-corrected chi connectivity index (χ2v) is 10.1. The van der Waals surface area contributed by atoms with Crippen molar-refractivity contribution in [2.24, 2.45) is 5.92 Å². The van der Waals surface area contributed by atoms with Crippen LogP contribution in [0.2, 0.25) is 0 Å². The Hall–Kier alpha value is -3.22. The Labute approximate surface area is 206 Å². The molecule has 1 aliphatic carbocycles. The summed E-state index contributed by atoms with van der Waals surface area (Å²) in [6, 6.07) is 12.2. The number of pyridine rings is 1. The van der Waals surface area contributed by atoms with E-state index < -0.39 is 0 Å². The lowest BCUT2D eigenvalue weighted by Gasteiger charge is -2.33. The molecule has 1 aromatic carbocycles. The molecule has 2 aromatic heterocycles. The maximum atomic E-state index is 13.7. The van der Waals surface area contributed by atoms with Crippen LogP contribution in [0.5, 0.6) is 0 Å². The molecule has 184 valence electrons. The first-order chi connectivity index (χ1) is 17.1. The van der Waals surface area contributed by atoms with Crippen LogP contribution in [-0.4, -0.2) is 39.6 Å². The number of hydrogen-bond acceptors (Lipinski definition) is 5. The minimum absolute atomic E-state index is 0.122. The summed E-state index contributed by atoms with van der Waals surface area (Å²) in [6.07, 6.45) is 10.5. The number of nitrogens with zero attached hydrogens (tertiary/aromatic N) is 4. The zero-order chi connectivity index (χ0) is 24.2. The topological polar surface area (TPSA) is 80.1 Å². The number of anilines is 1. The summed E-state index contributed by atoms with van der Waals surface area (Å²) in [5.41, 5.74) is 3.35. The second-order valence-electron chi connectivity index (χ2n) is 10.1. The van der Waals surface area contributed by atoms with Gasteiger partial charge in [-0.25, -0.2) is 9.97 Å². The SMILES string of the molecule is Cc1ccc(Cn2c(=O)c(N3CCCC(C(=O)NC4CCCCCC4)C3)nc3cccnc32)cc1. The summed E-state index contributed by atoms with van der Waals surface area (Å²) in [5.74, 6) is 0.428. The van der Waals surface area contributed by atoms with Gasteiger partial charge in [0.25, 0.3) is 5.56 Å². The van der Waals surface area contributed by atoms with Gasteiger partial charge in [0.15, 0.2) is 11.5 Å². The number of hydrogen-bond donors (Lipinski definition) is 1. The third kappa shape index (κ3) is 5.39. The van der Waals surface area contributed by atoms with Gasteiger partial charge in [-0.15, -0.1) is 0 Å². The molecular weight excluding hydrogens is 438 g/mol. The molecule has 2 aliphatic rings. The number of carbonyl (C=O) groups is 1. The first kappa shape index (κ1) is 23.5. The van der Waals surface area contributed by atoms with E-state index in [0.717, 1.165) is 37.8 Å². The van der Waals surface area contributed by atoms with Crippen LogP contribution >= 0.6 is 0 Å². The number of benzene rings is 1. The minimum Gasteiger partial charge on any atom is -0.353 e. The summed E-state index contributed by atoms with van der Waals surface area (Å²) in [7, 11) is 0. The third-order valence-electron chi connectivity index (χ3n) is 7.44. The van der Waals surface area contributed by atoms with Crippen LogP contribution in [0.4, 0.5) is 5.82 Å². The summed E-state index contributed by atoms with van der Waals surface area (Å²) >= 11 is 0. The average molecular weight is 474 g/mol. The van der Waals surface area contributed by atoms with Crippen LogP contribution in [0.25, 0.3) is 11.2 Å². The molecule has 1 atom stereocenters. The number of piperidine rings is 1.